The van der Waals surface area contributed by atoms with Gasteiger partial charge in [-0.15, -0.1) is 0 Å². The predicted octanol–water partition coefficient (Wildman–Crippen LogP) is 16.5. The van der Waals surface area contributed by atoms with E-state index in [-0.39, 0.29) is 5.75 Å². The minimum Gasteiger partial charge on any atom is -0.497 e. The SMILES string of the molecule is CCCCC[C@H]1CC[C@H](c2ccc(C(=O)Oc3ccc(-c4ccccc4C(=O)Oc4cc5c6c(c7c(c5cc4OC)OC(c4ccc(OC)cc4)(c4ccc(OC)cc4)C=C7)C(CC)(OC)c4ccccc4-6)cc3)cc2)CC1. The topological polar surface area (TPSA) is 98.8 Å². The first-order valence-corrected chi connectivity index (χ1v) is 27.4. The number of methoxy groups -OCH3 is 4. The normalized spacial score (nSPS) is 17.8. The lowest BCUT2D eigenvalue weighted by atomic mass is 9.77. The summed E-state index contributed by atoms with van der Waals surface area (Å²) in [6.45, 7) is 4.40. The Morgan fingerprint density at radius 2 is 1.23 bits per heavy atom. The summed E-state index contributed by atoms with van der Waals surface area (Å²) in [4.78, 5) is 28.1. The minimum absolute atomic E-state index is 0.235. The van der Waals surface area contributed by atoms with Crippen LogP contribution in [0.25, 0.3) is 39.1 Å². The average Bonchev–Trinajstić information content (AvgIpc) is 3.61. The molecule has 1 fully saturated rings. The van der Waals surface area contributed by atoms with Crippen molar-refractivity contribution in [2.24, 2.45) is 5.92 Å². The molecule has 0 N–H and O–H groups in total. The highest BCUT2D eigenvalue weighted by atomic mass is 16.6. The molecule has 78 heavy (non-hydrogen) atoms. The zero-order chi connectivity index (χ0) is 54.0. The second-order valence-electron chi connectivity index (χ2n) is 20.8. The smallest absolute Gasteiger partial charge is 0.344 e. The lowest BCUT2D eigenvalue weighted by molar-refractivity contribution is 0.0219. The van der Waals surface area contributed by atoms with Crippen molar-refractivity contribution in [3.05, 3.63) is 208 Å². The fraction of sp³-hybridized carbons (Fsp3) is 0.275. The molecule has 0 radical (unpaired) electrons. The van der Waals surface area contributed by atoms with E-state index in [2.05, 4.69) is 50.3 Å². The molecule has 1 heterocycles. The lowest BCUT2D eigenvalue weighted by Gasteiger charge is -2.39. The van der Waals surface area contributed by atoms with Gasteiger partial charge in [0.2, 0.25) is 0 Å². The van der Waals surface area contributed by atoms with Crippen LogP contribution in [-0.4, -0.2) is 40.4 Å². The molecule has 9 nitrogen and oxygen atoms in total. The van der Waals surface area contributed by atoms with Crippen LogP contribution in [0.3, 0.4) is 0 Å². The minimum atomic E-state index is -1.10. The van der Waals surface area contributed by atoms with Crippen LogP contribution in [-0.2, 0) is 15.9 Å². The summed E-state index contributed by atoms with van der Waals surface area (Å²) < 4.78 is 43.9. The first-order chi connectivity index (χ1) is 38.1. The van der Waals surface area contributed by atoms with Crippen molar-refractivity contribution in [1.29, 1.82) is 0 Å². The first-order valence-electron chi connectivity index (χ1n) is 27.4. The Hall–Kier alpha value is -8.14. The van der Waals surface area contributed by atoms with E-state index in [9.17, 15) is 9.59 Å². The number of carbonyl (C=O) groups is 2. The molecule has 1 saturated carbocycles. The summed E-state index contributed by atoms with van der Waals surface area (Å²) >= 11 is 0. The molecule has 0 aromatic heterocycles. The number of ether oxygens (including phenoxy) is 7. The van der Waals surface area contributed by atoms with Crippen LogP contribution >= 0.6 is 0 Å². The van der Waals surface area contributed by atoms with Crippen molar-refractivity contribution in [2.75, 3.05) is 28.4 Å². The van der Waals surface area contributed by atoms with Crippen molar-refractivity contribution in [2.45, 2.75) is 88.8 Å². The Balaban J connectivity index is 0.912. The third-order valence-electron chi connectivity index (χ3n) is 16.7. The molecule has 0 amide bonds. The second kappa shape index (κ2) is 22.1. The number of hydrogen-bond donors (Lipinski definition) is 0. The highest BCUT2D eigenvalue weighted by Gasteiger charge is 2.48. The van der Waals surface area contributed by atoms with Crippen molar-refractivity contribution < 1.29 is 42.7 Å². The average molecular weight is 1040 g/mol. The zero-order valence-corrected chi connectivity index (χ0v) is 45.4. The van der Waals surface area contributed by atoms with Gasteiger partial charge in [-0.05, 0) is 156 Å². The molecule has 0 spiro atoms. The Morgan fingerprint density at radius 1 is 0.603 bits per heavy atom. The molecule has 1 atom stereocenters. The molecule has 3 aliphatic rings. The van der Waals surface area contributed by atoms with E-state index in [1.54, 1.807) is 46.6 Å². The van der Waals surface area contributed by atoms with E-state index < -0.39 is 23.1 Å². The number of unbranched alkanes of at least 4 members (excludes halogenated alkanes) is 2. The standard InChI is InChI=1S/C69H66O9/c1-7-9-10-15-44-20-22-45(23-21-44)46-24-26-48(27-25-46)66(70)76-53-34-28-47(29-35-53)54-16-11-12-17-55(54)67(71)77-62-42-58-59(43-61(62)74-5)65-57(64-63(58)56-18-13-14-19-60(56)68(64,8-2)75-6)40-41-69(78-65,49-30-36-51(72-3)37-31-49)50-32-38-52(73-4)39-33-50/h11-14,16-19,24-45H,7-10,15,20-23H2,1-6H3/t44-,45-,68?. The quantitative estimate of drug-likeness (QED) is 0.0501. The number of rotatable bonds is 17. The predicted molar refractivity (Wildman–Crippen MR) is 308 cm³/mol. The molecule has 2 aliphatic carbocycles. The van der Waals surface area contributed by atoms with Gasteiger partial charge in [0.05, 0.1) is 32.5 Å². The van der Waals surface area contributed by atoms with Crippen molar-refractivity contribution >= 4 is 28.8 Å². The van der Waals surface area contributed by atoms with Crippen LogP contribution < -0.4 is 28.4 Å². The van der Waals surface area contributed by atoms with Gasteiger partial charge < -0.3 is 33.2 Å². The number of fused-ring (bicyclic) bond motifs is 8. The van der Waals surface area contributed by atoms with Crippen LogP contribution in [0.15, 0.2) is 164 Å². The molecule has 396 valence electrons. The van der Waals surface area contributed by atoms with Crippen molar-refractivity contribution in [3.63, 3.8) is 0 Å². The van der Waals surface area contributed by atoms with Crippen LogP contribution in [0.4, 0.5) is 0 Å². The van der Waals surface area contributed by atoms with Gasteiger partial charge >= 0.3 is 11.9 Å². The van der Waals surface area contributed by atoms with Gasteiger partial charge in [-0.2, -0.15) is 0 Å². The van der Waals surface area contributed by atoms with Gasteiger partial charge in [0.25, 0.3) is 0 Å². The lowest BCUT2D eigenvalue weighted by Crippen LogP contribution is -2.35. The molecule has 8 aromatic rings. The molecule has 0 bridgehead atoms. The monoisotopic (exact) mass is 1040 g/mol. The van der Waals surface area contributed by atoms with E-state index in [1.807, 2.05) is 115 Å². The van der Waals surface area contributed by atoms with E-state index in [0.717, 1.165) is 72.7 Å². The molecule has 1 aliphatic heterocycles. The van der Waals surface area contributed by atoms with Gasteiger partial charge in [-0.1, -0.05) is 137 Å². The number of benzene rings is 8. The molecule has 9 heteroatoms. The van der Waals surface area contributed by atoms with Crippen molar-refractivity contribution in [3.8, 4) is 56.8 Å². The van der Waals surface area contributed by atoms with E-state index in [0.29, 0.717) is 46.3 Å². The molecule has 1 unspecified atom stereocenters. The highest BCUT2D eigenvalue weighted by molar-refractivity contribution is 6.10. The summed E-state index contributed by atoms with van der Waals surface area (Å²) in [7, 11) is 6.63. The number of carbonyl (C=O) groups excluding carboxylic acids is 2. The summed E-state index contributed by atoms with van der Waals surface area (Å²) in [6.07, 6.45) is 15.2. The fourth-order valence-electron chi connectivity index (χ4n) is 12.4. The van der Waals surface area contributed by atoms with Gasteiger partial charge in [-0.3, -0.25) is 0 Å². The van der Waals surface area contributed by atoms with Crippen LogP contribution in [0.1, 0.15) is 132 Å². The highest BCUT2D eigenvalue weighted by Crippen LogP contribution is 2.60. The van der Waals surface area contributed by atoms with Gasteiger partial charge in [0, 0.05) is 34.7 Å². The van der Waals surface area contributed by atoms with Crippen molar-refractivity contribution in [1.82, 2.24) is 0 Å². The van der Waals surface area contributed by atoms with Gasteiger partial charge in [-0.25, -0.2) is 9.59 Å². The van der Waals surface area contributed by atoms with E-state index in [4.69, 9.17) is 33.2 Å². The second-order valence-corrected chi connectivity index (χ2v) is 20.8. The molecule has 8 aromatic carbocycles. The third kappa shape index (κ3) is 9.38. The molecular formula is C69H66O9. The maximum Gasteiger partial charge on any atom is 0.344 e. The summed E-state index contributed by atoms with van der Waals surface area (Å²) in [5, 5.41) is 1.56. The summed E-state index contributed by atoms with van der Waals surface area (Å²) in [6, 6.07) is 50.4. The fourth-order valence-corrected chi connectivity index (χ4v) is 12.4. The number of esters is 2. The van der Waals surface area contributed by atoms with Gasteiger partial charge in [0.15, 0.2) is 17.1 Å². The third-order valence-corrected chi connectivity index (χ3v) is 16.7. The molecular weight excluding hydrogens is 973 g/mol. The van der Waals surface area contributed by atoms with E-state index in [1.165, 1.54) is 56.9 Å². The van der Waals surface area contributed by atoms with Crippen LogP contribution in [0.5, 0.6) is 34.5 Å². The summed E-state index contributed by atoms with van der Waals surface area (Å²) in [5.41, 5.74) is 8.23. The van der Waals surface area contributed by atoms with Crippen LogP contribution in [0.2, 0.25) is 0 Å². The Kier molecular flexibility index (Phi) is 14.7. The Labute approximate surface area is 457 Å². The van der Waals surface area contributed by atoms with Crippen LogP contribution in [0, 0.1) is 5.92 Å². The summed E-state index contributed by atoms with van der Waals surface area (Å²) in [5.74, 6) is 3.43. The Bertz CT molecular complexity index is 3460. The maximum absolute atomic E-state index is 14.7. The molecule has 0 saturated heterocycles. The maximum atomic E-state index is 14.7. The Morgan fingerprint density at radius 3 is 1.86 bits per heavy atom. The number of hydrogen-bond acceptors (Lipinski definition) is 9. The molecule has 11 rings (SSSR count). The van der Waals surface area contributed by atoms with E-state index >= 15 is 0 Å². The van der Waals surface area contributed by atoms with Gasteiger partial charge in [0.1, 0.15) is 28.6 Å². The largest absolute Gasteiger partial charge is 0.497 e. The zero-order valence-electron chi connectivity index (χ0n) is 45.4. The first kappa shape index (κ1) is 51.9.